The molecule has 0 aliphatic rings. The van der Waals surface area contributed by atoms with E-state index in [0.717, 1.165) is 16.8 Å². The molecule has 1 atom stereocenters. The Bertz CT molecular complexity index is 1240. The molecule has 0 fully saturated rings. The maximum Gasteiger partial charge on any atom is 0.412 e. The maximum absolute atomic E-state index is 13.9. The van der Waals surface area contributed by atoms with Crippen LogP contribution in [0.5, 0.6) is 0 Å². The van der Waals surface area contributed by atoms with E-state index >= 15 is 0 Å². The lowest BCUT2D eigenvalue weighted by atomic mass is 10.1. The molecule has 3 N–H and O–H groups in total. The summed E-state index contributed by atoms with van der Waals surface area (Å²) in [5, 5.41) is 15.7. The van der Waals surface area contributed by atoms with Crippen molar-refractivity contribution in [3.05, 3.63) is 71.9 Å². The van der Waals surface area contributed by atoms with Crippen LogP contribution in [0.4, 0.5) is 24.2 Å². The Kier molecular flexibility index (Phi) is 9.09. The number of carbonyl (C=O) groups excluding carboxylic acids is 2. The highest BCUT2D eigenvalue weighted by molar-refractivity contribution is 5.89. The Morgan fingerprint density at radius 3 is 2.61 bits per heavy atom. The number of pyridine rings is 1. The highest BCUT2D eigenvalue weighted by atomic mass is 19.2. The van der Waals surface area contributed by atoms with Gasteiger partial charge in [0, 0.05) is 37.2 Å². The average Bonchev–Trinajstić information content (AvgIpc) is 2.86. The summed E-state index contributed by atoms with van der Waals surface area (Å²) in [5.74, 6) is -2.80. The van der Waals surface area contributed by atoms with E-state index in [1.165, 1.54) is 24.1 Å². The van der Waals surface area contributed by atoms with Crippen molar-refractivity contribution in [2.24, 2.45) is 0 Å². The van der Waals surface area contributed by atoms with Crippen LogP contribution in [0.1, 0.15) is 24.8 Å². The number of hydrogen-bond donors (Lipinski definition) is 3. The van der Waals surface area contributed by atoms with E-state index in [2.05, 4.69) is 15.6 Å². The highest BCUT2D eigenvalue weighted by Gasteiger charge is 2.22. The zero-order chi connectivity index (χ0) is 26.1. The molecule has 0 unspecified atom stereocenters. The summed E-state index contributed by atoms with van der Waals surface area (Å²) in [5.41, 5.74) is -0.0299. The molecule has 0 bridgehead atoms. The van der Waals surface area contributed by atoms with Crippen LogP contribution in [0.2, 0.25) is 0 Å². The molecule has 1 aromatic heterocycles. The zero-order valence-electron chi connectivity index (χ0n) is 19.5. The molecule has 0 saturated carbocycles. The second-order valence-corrected chi connectivity index (χ2v) is 8.06. The Hall–Kier alpha value is -4.28. The fraction of sp³-hybridized carbons (Fsp3) is 0.280. The van der Waals surface area contributed by atoms with Crippen LogP contribution < -0.4 is 10.6 Å². The van der Waals surface area contributed by atoms with Crippen molar-refractivity contribution in [3.63, 3.8) is 0 Å². The molecule has 0 aliphatic carbocycles. The minimum absolute atomic E-state index is 0.0299. The van der Waals surface area contributed by atoms with E-state index in [0.29, 0.717) is 0 Å². The van der Waals surface area contributed by atoms with Gasteiger partial charge < -0.3 is 20.1 Å². The lowest BCUT2D eigenvalue weighted by Gasteiger charge is -2.28. The summed E-state index contributed by atoms with van der Waals surface area (Å²) >= 11 is 0. The lowest BCUT2D eigenvalue weighted by Crippen LogP contribution is -2.46. The molecule has 0 radical (unpaired) electrons. The number of likely N-dealkylation sites (N-methyl/N-ethyl adjacent to an activating group) is 1. The number of halogens is 2. The van der Waals surface area contributed by atoms with Crippen molar-refractivity contribution >= 4 is 34.7 Å². The molecule has 0 saturated heterocycles. The normalized spacial score (nSPS) is 11.5. The second-order valence-electron chi connectivity index (χ2n) is 8.06. The number of hydrogen-bond acceptors (Lipinski definition) is 5. The summed E-state index contributed by atoms with van der Waals surface area (Å²) < 4.78 is 32.5. The van der Waals surface area contributed by atoms with Gasteiger partial charge in [-0.3, -0.25) is 10.1 Å². The number of carbonyl (C=O) groups is 3. The monoisotopic (exact) mass is 500 g/mol. The van der Waals surface area contributed by atoms with Crippen molar-refractivity contribution < 1.29 is 33.0 Å². The summed E-state index contributed by atoms with van der Waals surface area (Å²) in [6.45, 7) is -0.485. The van der Waals surface area contributed by atoms with Gasteiger partial charge in [-0.25, -0.2) is 23.4 Å². The first kappa shape index (κ1) is 26.3. The number of amides is 3. The van der Waals surface area contributed by atoms with Crippen LogP contribution >= 0.6 is 0 Å². The number of aliphatic carboxylic acids is 1. The van der Waals surface area contributed by atoms with Gasteiger partial charge in [0.2, 0.25) is 0 Å². The minimum atomic E-state index is -1.05. The topological polar surface area (TPSA) is 121 Å². The number of carboxylic acid groups (broad SMARTS) is 1. The molecule has 1 heterocycles. The van der Waals surface area contributed by atoms with Gasteiger partial charge in [-0.15, -0.1) is 0 Å². The third-order valence-corrected chi connectivity index (χ3v) is 5.53. The number of anilines is 1. The molecule has 3 amide bonds. The van der Waals surface area contributed by atoms with Crippen molar-refractivity contribution in [1.82, 2.24) is 15.2 Å². The number of aromatic nitrogens is 1. The number of carboxylic acids is 1. The molecule has 2 aromatic carbocycles. The first-order chi connectivity index (χ1) is 17.2. The van der Waals surface area contributed by atoms with Crippen LogP contribution in [-0.4, -0.2) is 52.8 Å². The number of rotatable bonds is 10. The number of ether oxygens (including phenoxy) is 1. The third kappa shape index (κ3) is 7.36. The van der Waals surface area contributed by atoms with E-state index in [1.807, 2.05) is 24.3 Å². The standard InChI is InChI=1S/C25H26F2N4O5/c1-31(24(34)29-14-18-8-4-10-20(26)23(18)27)19(9-5-11-22(32)33)15-36-25(35)30-21-12-16-6-2-3-7-17(16)13-28-21/h2-4,6-8,10,12-13,19H,5,9,11,14-15H2,1H3,(H,29,34)(H,32,33)(H,28,30,35)/t19-/m1/s1. The highest BCUT2D eigenvalue weighted by Crippen LogP contribution is 2.17. The number of nitrogens with one attached hydrogen (secondary N) is 2. The lowest BCUT2D eigenvalue weighted by molar-refractivity contribution is -0.137. The van der Waals surface area contributed by atoms with Gasteiger partial charge in [-0.2, -0.15) is 0 Å². The molecule has 0 spiro atoms. The summed E-state index contributed by atoms with van der Waals surface area (Å²) in [6, 6.07) is 11.5. The molecule has 3 rings (SSSR count). The van der Waals surface area contributed by atoms with Crippen molar-refractivity contribution in [2.45, 2.75) is 31.8 Å². The molecule has 3 aromatic rings. The molecular weight excluding hydrogens is 474 g/mol. The number of fused-ring (bicyclic) bond motifs is 1. The van der Waals surface area contributed by atoms with E-state index in [-0.39, 0.29) is 43.8 Å². The van der Waals surface area contributed by atoms with E-state index in [9.17, 15) is 23.2 Å². The molecule has 36 heavy (non-hydrogen) atoms. The summed E-state index contributed by atoms with van der Waals surface area (Å²) in [4.78, 5) is 41.3. The Morgan fingerprint density at radius 2 is 1.86 bits per heavy atom. The van der Waals surface area contributed by atoms with Crippen LogP contribution in [0, 0.1) is 11.6 Å². The fourth-order valence-corrected chi connectivity index (χ4v) is 3.49. The van der Waals surface area contributed by atoms with Gasteiger partial charge in [0.15, 0.2) is 11.6 Å². The predicted octanol–water partition coefficient (Wildman–Crippen LogP) is 4.53. The minimum Gasteiger partial charge on any atom is -0.481 e. The Morgan fingerprint density at radius 1 is 1.11 bits per heavy atom. The van der Waals surface area contributed by atoms with Gasteiger partial charge in [-0.05, 0) is 30.4 Å². The summed E-state index contributed by atoms with van der Waals surface area (Å²) in [7, 11) is 1.44. The van der Waals surface area contributed by atoms with Crippen LogP contribution in [0.25, 0.3) is 10.8 Å². The van der Waals surface area contributed by atoms with E-state index in [1.54, 1.807) is 12.3 Å². The fourth-order valence-electron chi connectivity index (χ4n) is 3.49. The van der Waals surface area contributed by atoms with Crippen LogP contribution in [0.3, 0.4) is 0 Å². The first-order valence-electron chi connectivity index (χ1n) is 11.2. The van der Waals surface area contributed by atoms with E-state index in [4.69, 9.17) is 9.84 Å². The quantitative estimate of drug-likeness (QED) is 0.376. The van der Waals surface area contributed by atoms with Gasteiger partial charge in [0.1, 0.15) is 12.4 Å². The van der Waals surface area contributed by atoms with Crippen molar-refractivity contribution in [3.8, 4) is 0 Å². The maximum atomic E-state index is 13.9. The predicted molar refractivity (Wildman–Crippen MR) is 128 cm³/mol. The van der Waals surface area contributed by atoms with Crippen LogP contribution in [0.15, 0.2) is 54.7 Å². The molecule has 9 nitrogen and oxygen atoms in total. The van der Waals surface area contributed by atoms with Gasteiger partial charge in [-0.1, -0.05) is 36.4 Å². The molecular formula is C25H26F2N4O5. The smallest absolute Gasteiger partial charge is 0.412 e. The largest absolute Gasteiger partial charge is 0.481 e. The number of urea groups is 1. The third-order valence-electron chi connectivity index (χ3n) is 5.53. The molecule has 11 heteroatoms. The number of nitrogens with zero attached hydrogens (tertiary/aromatic N) is 2. The zero-order valence-corrected chi connectivity index (χ0v) is 19.5. The van der Waals surface area contributed by atoms with Gasteiger partial charge in [0.25, 0.3) is 0 Å². The van der Waals surface area contributed by atoms with Crippen molar-refractivity contribution in [2.75, 3.05) is 19.0 Å². The SMILES string of the molecule is CN(C(=O)NCc1cccc(F)c1F)[C@H](CCCC(=O)O)COC(=O)Nc1cc2ccccc2cn1. The molecule has 190 valence electrons. The Balaban J connectivity index is 1.59. The average molecular weight is 501 g/mol. The van der Waals surface area contributed by atoms with Crippen LogP contribution in [-0.2, 0) is 16.1 Å². The van der Waals surface area contributed by atoms with Gasteiger partial charge in [0.05, 0.1) is 6.04 Å². The first-order valence-corrected chi connectivity index (χ1v) is 11.2. The number of benzene rings is 2. The van der Waals surface area contributed by atoms with Gasteiger partial charge >= 0.3 is 18.1 Å². The van der Waals surface area contributed by atoms with Crippen molar-refractivity contribution in [1.29, 1.82) is 0 Å². The second kappa shape index (κ2) is 12.4. The molecule has 0 aliphatic heterocycles. The van der Waals surface area contributed by atoms with E-state index < -0.39 is 35.8 Å². The summed E-state index contributed by atoms with van der Waals surface area (Å²) in [6.07, 6.45) is 1.14. The Labute approximate surface area is 206 Å².